The summed E-state index contributed by atoms with van der Waals surface area (Å²) in [5.74, 6) is 1.11. The third-order valence-electron chi connectivity index (χ3n) is 5.31. The van der Waals surface area contributed by atoms with Crippen LogP contribution in [0.2, 0.25) is 0 Å². The Morgan fingerprint density at radius 3 is 2.65 bits per heavy atom. The van der Waals surface area contributed by atoms with Gasteiger partial charge in [0.05, 0.1) is 23.3 Å². The Hall–Kier alpha value is -3.42. The highest BCUT2D eigenvalue weighted by molar-refractivity contribution is 5.95. The highest BCUT2D eigenvalue weighted by Crippen LogP contribution is 2.25. The smallest absolute Gasteiger partial charge is 0.228 e. The molecule has 0 saturated heterocycles. The van der Waals surface area contributed by atoms with Crippen LogP contribution in [0, 0.1) is 19.8 Å². The van der Waals surface area contributed by atoms with Gasteiger partial charge in [-0.3, -0.25) is 24.5 Å². The molecule has 1 amide bonds. The molecule has 0 aromatic carbocycles. The Morgan fingerprint density at radius 2 is 1.90 bits per heavy atom. The van der Waals surface area contributed by atoms with Gasteiger partial charge in [-0.15, -0.1) is 0 Å². The van der Waals surface area contributed by atoms with Gasteiger partial charge in [0.2, 0.25) is 5.91 Å². The van der Waals surface area contributed by atoms with Gasteiger partial charge in [-0.1, -0.05) is 6.92 Å². The molecule has 1 aliphatic heterocycles. The molecule has 3 aromatic heterocycles. The van der Waals surface area contributed by atoms with Crippen molar-refractivity contribution >= 4 is 17.5 Å². The largest absolute Gasteiger partial charge is 0.299 e. The van der Waals surface area contributed by atoms with E-state index < -0.39 is 0 Å². The zero-order valence-electron chi connectivity index (χ0n) is 18.1. The van der Waals surface area contributed by atoms with E-state index in [0.29, 0.717) is 18.2 Å². The molecule has 4 rings (SSSR count). The van der Waals surface area contributed by atoms with Crippen molar-refractivity contribution in [2.45, 2.75) is 46.6 Å². The maximum Gasteiger partial charge on any atom is 0.228 e. The van der Waals surface area contributed by atoms with Gasteiger partial charge in [-0.05, 0) is 31.9 Å². The number of carbonyl (C=O) groups is 2. The highest BCUT2D eigenvalue weighted by Gasteiger charge is 2.27. The van der Waals surface area contributed by atoms with Gasteiger partial charge in [0.1, 0.15) is 11.6 Å². The first-order valence-electron chi connectivity index (χ1n) is 10.5. The Morgan fingerprint density at radius 1 is 1.06 bits per heavy atom. The van der Waals surface area contributed by atoms with Crippen LogP contribution in [0.5, 0.6) is 0 Å². The molecule has 1 unspecified atom stereocenters. The van der Waals surface area contributed by atoms with Crippen LogP contribution in [0.4, 0.5) is 5.82 Å². The number of ketones is 1. The van der Waals surface area contributed by atoms with Crippen molar-refractivity contribution in [1.29, 1.82) is 0 Å². The number of fused-ring (bicyclic) bond motifs is 1. The number of amides is 1. The molecular weight excluding hydrogens is 392 g/mol. The first-order chi connectivity index (χ1) is 14.9. The number of anilines is 1. The molecule has 0 saturated carbocycles. The van der Waals surface area contributed by atoms with Crippen LogP contribution in [0.1, 0.15) is 36.8 Å². The number of aromatic nitrogens is 5. The Bertz CT molecular complexity index is 1110. The van der Waals surface area contributed by atoms with Gasteiger partial charge in [0.15, 0.2) is 0 Å². The summed E-state index contributed by atoms with van der Waals surface area (Å²) in [4.78, 5) is 40.0. The molecule has 0 N–H and O–H groups in total. The molecular formula is C23H26N6O2. The van der Waals surface area contributed by atoms with Gasteiger partial charge in [-0.2, -0.15) is 5.10 Å². The van der Waals surface area contributed by atoms with E-state index in [9.17, 15) is 9.59 Å². The summed E-state index contributed by atoms with van der Waals surface area (Å²) in [6, 6.07) is 5.64. The first kappa shape index (κ1) is 20.8. The molecule has 8 heteroatoms. The minimum absolute atomic E-state index is 0.00121. The summed E-state index contributed by atoms with van der Waals surface area (Å²) in [5.41, 5.74) is 4.02. The minimum atomic E-state index is -0.0395. The van der Waals surface area contributed by atoms with Gasteiger partial charge < -0.3 is 0 Å². The lowest BCUT2D eigenvalue weighted by Gasteiger charge is -2.31. The number of carbonyl (C=O) groups excluding carboxylic acids is 2. The van der Waals surface area contributed by atoms with E-state index in [0.717, 1.165) is 35.0 Å². The van der Waals surface area contributed by atoms with Crippen LogP contribution < -0.4 is 4.90 Å². The van der Waals surface area contributed by atoms with E-state index >= 15 is 0 Å². The SMILES string of the molecule is Cc1cncc(-c2ccc(CC(=O)CCC(=O)N3CC(C)Cn4nc(C)cc43)nc2)n1. The molecule has 1 aliphatic rings. The fourth-order valence-electron chi connectivity index (χ4n) is 3.83. The van der Waals surface area contributed by atoms with E-state index in [2.05, 4.69) is 27.0 Å². The monoisotopic (exact) mass is 418 g/mol. The zero-order valence-corrected chi connectivity index (χ0v) is 18.1. The standard InChI is InChI=1S/C23H26N6O2/c1-15-13-28(22-8-16(2)27-29(22)14-15)23(31)7-6-20(30)9-19-5-4-18(11-25-19)21-12-24-10-17(3)26-21/h4-5,8,10-12,15H,6-7,9,13-14H2,1-3H3. The van der Waals surface area contributed by atoms with E-state index in [1.807, 2.05) is 36.7 Å². The van der Waals surface area contributed by atoms with Crippen molar-refractivity contribution < 1.29 is 9.59 Å². The van der Waals surface area contributed by atoms with E-state index in [-0.39, 0.29) is 31.0 Å². The molecule has 3 aromatic rings. The maximum absolute atomic E-state index is 12.8. The van der Waals surface area contributed by atoms with Crippen LogP contribution in [0.25, 0.3) is 11.3 Å². The Balaban J connectivity index is 1.34. The van der Waals surface area contributed by atoms with Gasteiger partial charge in [0.25, 0.3) is 0 Å². The number of nitrogens with zero attached hydrogens (tertiary/aromatic N) is 6. The van der Waals surface area contributed by atoms with Gasteiger partial charge >= 0.3 is 0 Å². The molecule has 1 atom stereocenters. The van der Waals surface area contributed by atoms with Gasteiger partial charge in [0, 0.05) is 62.1 Å². The highest BCUT2D eigenvalue weighted by atomic mass is 16.2. The summed E-state index contributed by atoms with van der Waals surface area (Å²) in [5, 5.41) is 4.46. The predicted molar refractivity (Wildman–Crippen MR) is 116 cm³/mol. The van der Waals surface area contributed by atoms with Crippen molar-refractivity contribution in [3.05, 3.63) is 53.9 Å². The van der Waals surface area contributed by atoms with E-state index in [4.69, 9.17) is 0 Å². The number of pyridine rings is 1. The second-order valence-electron chi connectivity index (χ2n) is 8.23. The fourth-order valence-corrected chi connectivity index (χ4v) is 3.83. The van der Waals surface area contributed by atoms with E-state index in [1.54, 1.807) is 23.5 Å². The Labute approximate surface area is 181 Å². The van der Waals surface area contributed by atoms with Crippen molar-refractivity contribution in [2.24, 2.45) is 5.92 Å². The maximum atomic E-state index is 12.8. The van der Waals surface area contributed by atoms with Crippen LogP contribution >= 0.6 is 0 Å². The average Bonchev–Trinajstić information content (AvgIpc) is 3.11. The first-order valence-corrected chi connectivity index (χ1v) is 10.5. The van der Waals surface area contributed by atoms with Crippen molar-refractivity contribution in [3.63, 3.8) is 0 Å². The van der Waals surface area contributed by atoms with E-state index in [1.165, 1.54) is 0 Å². The zero-order chi connectivity index (χ0) is 22.0. The normalized spacial score (nSPS) is 15.6. The molecule has 0 spiro atoms. The summed E-state index contributed by atoms with van der Waals surface area (Å²) in [6.07, 6.45) is 5.69. The molecule has 0 radical (unpaired) electrons. The lowest BCUT2D eigenvalue weighted by atomic mass is 10.1. The van der Waals surface area contributed by atoms with Crippen LogP contribution in [-0.4, -0.2) is 43.0 Å². The number of rotatable bonds is 6. The number of aryl methyl sites for hydroxylation is 2. The molecule has 8 nitrogen and oxygen atoms in total. The lowest BCUT2D eigenvalue weighted by Crippen LogP contribution is -2.41. The quantitative estimate of drug-likeness (QED) is 0.611. The number of Topliss-reactive ketones (excluding diaryl/α,β-unsaturated/α-hetero) is 1. The Kier molecular flexibility index (Phi) is 5.88. The fraction of sp³-hybridized carbons (Fsp3) is 0.391. The predicted octanol–water partition coefficient (Wildman–Crippen LogP) is 2.93. The minimum Gasteiger partial charge on any atom is -0.299 e. The number of hydrogen-bond acceptors (Lipinski definition) is 6. The number of hydrogen-bond donors (Lipinski definition) is 0. The summed E-state index contributed by atoms with van der Waals surface area (Å²) < 4.78 is 1.88. The van der Waals surface area contributed by atoms with Crippen LogP contribution in [-0.2, 0) is 22.6 Å². The summed E-state index contributed by atoms with van der Waals surface area (Å²) >= 11 is 0. The summed E-state index contributed by atoms with van der Waals surface area (Å²) in [6.45, 7) is 7.37. The van der Waals surface area contributed by atoms with Crippen LogP contribution in [0.3, 0.4) is 0 Å². The molecule has 4 heterocycles. The molecule has 160 valence electrons. The van der Waals surface area contributed by atoms with Gasteiger partial charge in [-0.25, -0.2) is 9.67 Å². The van der Waals surface area contributed by atoms with Crippen LogP contribution in [0.15, 0.2) is 36.8 Å². The van der Waals surface area contributed by atoms with Crippen molar-refractivity contribution in [1.82, 2.24) is 24.7 Å². The summed E-state index contributed by atoms with van der Waals surface area (Å²) in [7, 11) is 0. The third kappa shape index (κ3) is 4.84. The third-order valence-corrected chi connectivity index (χ3v) is 5.31. The lowest BCUT2D eigenvalue weighted by molar-refractivity contribution is -0.123. The van der Waals surface area contributed by atoms with Crippen molar-refractivity contribution in [2.75, 3.05) is 11.4 Å². The second kappa shape index (κ2) is 8.75. The van der Waals surface area contributed by atoms with Crippen molar-refractivity contribution in [3.8, 4) is 11.3 Å². The topological polar surface area (TPSA) is 93.9 Å². The molecule has 0 fully saturated rings. The molecule has 0 aliphatic carbocycles. The second-order valence-corrected chi connectivity index (χ2v) is 8.23. The molecule has 0 bridgehead atoms. The molecule has 31 heavy (non-hydrogen) atoms. The average molecular weight is 419 g/mol.